The predicted octanol–water partition coefficient (Wildman–Crippen LogP) is 1.92. The van der Waals surface area contributed by atoms with Gasteiger partial charge in [-0.25, -0.2) is 0 Å². The van der Waals surface area contributed by atoms with Crippen molar-refractivity contribution in [1.29, 1.82) is 0 Å². The van der Waals surface area contributed by atoms with Crippen LogP contribution in [0.3, 0.4) is 0 Å². The van der Waals surface area contributed by atoms with Crippen LogP contribution in [-0.2, 0) is 4.79 Å². The number of piperidine rings is 2. The van der Waals surface area contributed by atoms with Crippen LogP contribution < -0.4 is 5.32 Å². The van der Waals surface area contributed by atoms with Crippen molar-refractivity contribution in [3.05, 3.63) is 0 Å². The van der Waals surface area contributed by atoms with Crippen molar-refractivity contribution in [2.45, 2.75) is 39.5 Å². The summed E-state index contributed by atoms with van der Waals surface area (Å²) in [6.07, 6.45) is 4.82. The topological polar surface area (TPSA) is 32.3 Å². The Labute approximate surface area is 111 Å². The smallest absolute Gasteiger partial charge is 0.138 e. The largest absolute Gasteiger partial charge is 0.317 e. The van der Waals surface area contributed by atoms with Crippen molar-refractivity contribution in [2.24, 2.45) is 17.8 Å². The van der Waals surface area contributed by atoms with Crippen LogP contribution in [0.15, 0.2) is 0 Å². The number of hydrogen-bond donors (Lipinski definition) is 1. The van der Waals surface area contributed by atoms with Crippen molar-refractivity contribution in [3.8, 4) is 0 Å². The monoisotopic (exact) mass is 252 g/mol. The van der Waals surface area contributed by atoms with Gasteiger partial charge in [0.2, 0.25) is 0 Å². The fourth-order valence-corrected chi connectivity index (χ4v) is 3.30. The Hall–Kier alpha value is -0.410. The number of nitrogens with one attached hydrogen (secondary N) is 1. The highest BCUT2D eigenvalue weighted by Crippen LogP contribution is 2.23. The second-order valence-corrected chi connectivity index (χ2v) is 6.33. The number of rotatable bonds is 4. The van der Waals surface area contributed by atoms with E-state index in [1.54, 1.807) is 0 Å². The van der Waals surface area contributed by atoms with Gasteiger partial charge in [0.05, 0.1) is 0 Å². The zero-order valence-corrected chi connectivity index (χ0v) is 12.0. The Bertz CT molecular complexity index is 264. The Morgan fingerprint density at radius 1 is 1.17 bits per heavy atom. The maximum absolute atomic E-state index is 12.0. The summed E-state index contributed by atoms with van der Waals surface area (Å²) in [5.74, 6) is 1.92. The molecule has 0 aliphatic carbocycles. The van der Waals surface area contributed by atoms with Crippen LogP contribution in [0.25, 0.3) is 0 Å². The van der Waals surface area contributed by atoms with Crippen LogP contribution in [0.1, 0.15) is 39.5 Å². The van der Waals surface area contributed by atoms with E-state index in [1.807, 2.05) is 13.8 Å². The normalized spacial score (nSPS) is 24.6. The van der Waals surface area contributed by atoms with Gasteiger partial charge in [-0.2, -0.15) is 0 Å². The molecule has 18 heavy (non-hydrogen) atoms. The first-order chi connectivity index (χ1) is 8.66. The lowest BCUT2D eigenvalue weighted by Gasteiger charge is -2.35. The highest BCUT2D eigenvalue weighted by atomic mass is 16.1. The molecule has 0 spiro atoms. The maximum Gasteiger partial charge on any atom is 0.138 e. The molecule has 0 unspecified atom stereocenters. The summed E-state index contributed by atoms with van der Waals surface area (Å²) in [4.78, 5) is 14.6. The van der Waals surface area contributed by atoms with E-state index in [1.165, 1.54) is 32.5 Å². The molecule has 0 aromatic heterocycles. The van der Waals surface area contributed by atoms with E-state index in [4.69, 9.17) is 0 Å². The molecule has 2 aliphatic rings. The second kappa shape index (κ2) is 6.67. The minimum absolute atomic E-state index is 0.214. The molecule has 1 N–H and O–H groups in total. The van der Waals surface area contributed by atoms with Crippen LogP contribution in [0.2, 0.25) is 0 Å². The lowest BCUT2D eigenvalue weighted by molar-refractivity contribution is -0.127. The summed E-state index contributed by atoms with van der Waals surface area (Å²) >= 11 is 0. The van der Waals surface area contributed by atoms with Gasteiger partial charge in [-0.3, -0.25) is 4.79 Å². The molecule has 3 nitrogen and oxygen atoms in total. The molecule has 0 bridgehead atoms. The summed E-state index contributed by atoms with van der Waals surface area (Å²) in [6, 6.07) is 0. The molecule has 0 aromatic rings. The molecule has 104 valence electrons. The summed E-state index contributed by atoms with van der Waals surface area (Å²) in [5, 5.41) is 3.42. The quantitative estimate of drug-likeness (QED) is 0.829. The van der Waals surface area contributed by atoms with Gasteiger partial charge in [0.1, 0.15) is 5.78 Å². The molecule has 3 heteroatoms. The van der Waals surface area contributed by atoms with Crippen LogP contribution in [0.5, 0.6) is 0 Å². The third-order valence-electron chi connectivity index (χ3n) is 4.53. The van der Waals surface area contributed by atoms with Gasteiger partial charge < -0.3 is 10.2 Å². The number of Topliss-reactive ketones (excluding diaryl/α,β-unsaturated/α-hetero) is 1. The van der Waals surface area contributed by atoms with E-state index >= 15 is 0 Å². The number of nitrogens with zero attached hydrogens (tertiary/aromatic N) is 1. The van der Waals surface area contributed by atoms with Crippen molar-refractivity contribution >= 4 is 5.78 Å². The summed E-state index contributed by atoms with van der Waals surface area (Å²) < 4.78 is 0. The van der Waals surface area contributed by atoms with Crippen molar-refractivity contribution in [3.63, 3.8) is 0 Å². The Balaban J connectivity index is 1.71. The maximum atomic E-state index is 12.0. The van der Waals surface area contributed by atoms with E-state index in [2.05, 4.69) is 10.2 Å². The zero-order valence-electron chi connectivity index (χ0n) is 12.0. The molecule has 2 rings (SSSR count). The van der Waals surface area contributed by atoms with Gasteiger partial charge in [0, 0.05) is 18.4 Å². The molecule has 0 amide bonds. The third-order valence-corrected chi connectivity index (χ3v) is 4.53. The minimum atomic E-state index is 0.214. The lowest BCUT2D eigenvalue weighted by atomic mass is 9.86. The average Bonchev–Trinajstić information content (AvgIpc) is 2.40. The first-order valence-electron chi connectivity index (χ1n) is 7.63. The molecule has 2 heterocycles. The number of ketones is 1. The van der Waals surface area contributed by atoms with Crippen molar-refractivity contribution < 1.29 is 4.79 Å². The van der Waals surface area contributed by atoms with Crippen LogP contribution in [0, 0.1) is 17.8 Å². The Morgan fingerprint density at radius 2 is 1.78 bits per heavy atom. The van der Waals surface area contributed by atoms with Crippen LogP contribution in [0.4, 0.5) is 0 Å². The van der Waals surface area contributed by atoms with Crippen LogP contribution >= 0.6 is 0 Å². The van der Waals surface area contributed by atoms with E-state index in [9.17, 15) is 4.79 Å². The van der Waals surface area contributed by atoms with Crippen LogP contribution in [-0.4, -0.2) is 43.4 Å². The fraction of sp³-hybridized carbons (Fsp3) is 0.933. The highest BCUT2D eigenvalue weighted by Gasteiger charge is 2.27. The van der Waals surface area contributed by atoms with Gasteiger partial charge in [-0.1, -0.05) is 13.8 Å². The standard InChI is InChI=1S/C15H28N2O/c1-12(2)15(18)14-5-9-17(10-6-14)11-13-3-7-16-8-4-13/h12-14,16H,3-11H2,1-2H3. The summed E-state index contributed by atoms with van der Waals surface area (Å²) in [7, 11) is 0. The molecule has 0 saturated carbocycles. The van der Waals surface area contributed by atoms with Gasteiger partial charge in [0.15, 0.2) is 0 Å². The highest BCUT2D eigenvalue weighted by molar-refractivity contribution is 5.82. The molecule has 2 aliphatic heterocycles. The van der Waals surface area contributed by atoms with Crippen molar-refractivity contribution in [2.75, 3.05) is 32.7 Å². The second-order valence-electron chi connectivity index (χ2n) is 6.33. The molecule has 0 aromatic carbocycles. The van der Waals surface area contributed by atoms with Gasteiger partial charge >= 0.3 is 0 Å². The Kier molecular flexibility index (Phi) is 5.19. The fourth-order valence-electron chi connectivity index (χ4n) is 3.30. The summed E-state index contributed by atoms with van der Waals surface area (Å²) in [5.41, 5.74) is 0. The average molecular weight is 252 g/mol. The lowest BCUT2D eigenvalue weighted by Crippen LogP contribution is -2.41. The summed E-state index contributed by atoms with van der Waals surface area (Å²) in [6.45, 7) is 9.96. The number of hydrogen-bond acceptors (Lipinski definition) is 3. The first kappa shape index (κ1) is 14.0. The zero-order chi connectivity index (χ0) is 13.0. The molecule has 2 fully saturated rings. The van der Waals surface area contributed by atoms with Crippen molar-refractivity contribution in [1.82, 2.24) is 10.2 Å². The van der Waals surface area contributed by atoms with Gasteiger partial charge in [0.25, 0.3) is 0 Å². The molecular weight excluding hydrogens is 224 g/mol. The van der Waals surface area contributed by atoms with E-state index in [0.717, 1.165) is 31.8 Å². The molecule has 0 atom stereocenters. The number of carbonyl (C=O) groups is 1. The SMILES string of the molecule is CC(C)C(=O)C1CCN(CC2CCNCC2)CC1. The van der Waals surface area contributed by atoms with E-state index < -0.39 is 0 Å². The van der Waals surface area contributed by atoms with Gasteiger partial charge in [-0.15, -0.1) is 0 Å². The Morgan fingerprint density at radius 3 is 2.33 bits per heavy atom. The van der Waals surface area contributed by atoms with E-state index in [0.29, 0.717) is 11.7 Å². The van der Waals surface area contributed by atoms with E-state index in [-0.39, 0.29) is 5.92 Å². The first-order valence-corrected chi connectivity index (χ1v) is 7.63. The molecule has 0 radical (unpaired) electrons. The molecule has 2 saturated heterocycles. The van der Waals surface area contributed by atoms with Gasteiger partial charge in [-0.05, 0) is 57.8 Å². The number of likely N-dealkylation sites (tertiary alicyclic amines) is 1. The molecular formula is C15H28N2O. The third kappa shape index (κ3) is 3.79. The minimum Gasteiger partial charge on any atom is -0.317 e. The number of carbonyl (C=O) groups excluding carboxylic acids is 1. The predicted molar refractivity (Wildman–Crippen MR) is 74.6 cm³/mol.